The molecule has 31 heavy (non-hydrogen) atoms. The van der Waals surface area contributed by atoms with Crippen LogP contribution in [0.1, 0.15) is 11.3 Å². The molecule has 0 saturated carbocycles. The number of methoxy groups -OCH3 is 2. The van der Waals surface area contributed by atoms with Gasteiger partial charge in [-0.25, -0.2) is 9.97 Å². The second-order valence-electron chi connectivity index (χ2n) is 7.36. The maximum Gasteiger partial charge on any atom is 0.246 e. The van der Waals surface area contributed by atoms with Crippen LogP contribution >= 0.6 is 0 Å². The highest BCUT2D eigenvalue weighted by Crippen LogP contribution is 2.28. The van der Waals surface area contributed by atoms with Crippen molar-refractivity contribution in [2.24, 2.45) is 7.05 Å². The van der Waals surface area contributed by atoms with E-state index >= 15 is 0 Å². The molecule has 9 heteroatoms. The Labute approximate surface area is 180 Å². The van der Waals surface area contributed by atoms with Crippen molar-refractivity contribution < 1.29 is 14.3 Å². The first-order valence-electron chi connectivity index (χ1n) is 10.1. The van der Waals surface area contributed by atoms with Crippen molar-refractivity contribution >= 4 is 28.8 Å². The van der Waals surface area contributed by atoms with Gasteiger partial charge in [-0.2, -0.15) is 5.10 Å². The summed E-state index contributed by atoms with van der Waals surface area (Å²) < 4.78 is 12.4. The predicted octanol–water partition coefficient (Wildman–Crippen LogP) is 2.05. The summed E-state index contributed by atoms with van der Waals surface area (Å²) >= 11 is 0. The summed E-state index contributed by atoms with van der Waals surface area (Å²) in [7, 11) is 5.09. The van der Waals surface area contributed by atoms with Gasteiger partial charge < -0.3 is 19.3 Å². The second kappa shape index (κ2) is 8.63. The van der Waals surface area contributed by atoms with Gasteiger partial charge >= 0.3 is 0 Å². The molecule has 3 aromatic rings. The summed E-state index contributed by atoms with van der Waals surface area (Å²) in [6, 6.07) is 5.56. The van der Waals surface area contributed by atoms with E-state index in [0.717, 1.165) is 28.1 Å². The minimum atomic E-state index is -0.0151. The SMILES string of the molecule is COc1ccc(C=CC(=O)N2CCN(c3ncnc4c(C)nn(C)c34)CC2)cc1OC. The molecule has 1 aliphatic heterocycles. The van der Waals surface area contributed by atoms with Crippen molar-refractivity contribution in [2.45, 2.75) is 6.92 Å². The Hall–Kier alpha value is -3.62. The number of hydrogen-bond acceptors (Lipinski definition) is 7. The van der Waals surface area contributed by atoms with E-state index in [1.54, 1.807) is 32.7 Å². The molecule has 0 N–H and O–H groups in total. The first kappa shape index (κ1) is 20.6. The molecule has 3 heterocycles. The lowest BCUT2D eigenvalue weighted by molar-refractivity contribution is -0.126. The Kier molecular flexibility index (Phi) is 5.75. The highest BCUT2D eigenvalue weighted by Gasteiger charge is 2.24. The molecule has 9 nitrogen and oxygen atoms in total. The number of anilines is 1. The van der Waals surface area contributed by atoms with Crippen molar-refractivity contribution in [1.82, 2.24) is 24.6 Å². The lowest BCUT2D eigenvalue weighted by atomic mass is 10.2. The number of carbonyl (C=O) groups excluding carboxylic acids is 1. The van der Waals surface area contributed by atoms with Gasteiger partial charge in [0.2, 0.25) is 5.91 Å². The normalized spacial score (nSPS) is 14.5. The Morgan fingerprint density at radius 2 is 1.81 bits per heavy atom. The number of rotatable bonds is 5. The highest BCUT2D eigenvalue weighted by molar-refractivity contribution is 5.92. The number of aromatic nitrogens is 4. The van der Waals surface area contributed by atoms with Gasteiger partial charge in [0.05, 0.1) is 19.9 Å². The first-order valence-corrected chi connectivity index (χ1v) is 10.1. The molecule has 1 aromatic carbocycles. The van der Waals surface area contributed by atoms with Crippen LogP contribution in [0.15, 0.2) is 30.6 Å². The summed E-state index contributed by atoms with van der Waals surface area (Å²) in [4.78, 5) is 25.6. The Morgan fingerprint density at radius 1 is 1.06 bits per heavy atom. The van der Waals surface area contributed by atoms with Gasteiger partial charge in [-0.1, -0.05) is 6.07 Å². The average molecular weight is 422 g/mol. The molecule has 1 aliphatic rings. The fraction of sp³-hybridized carbons (Fsp3) is 0.364. The molecule has 2 aromatic heterocycles. The third kappa shape index (κ3) is 4.03. The number of ether oxygens (including phenoxy) is 2. The molecule has 162 valence electrons. The molecular weight excluding hydrogens is 396 g/mol. The van der Waals surface area contributed by atoms with Crippen LogP contribution in [-0.2, 0) is 11.8 Å². The van der Waals surface area contributed by atoms with E-state index in [0.29, 0.717) is 37.7 Å². The van der Waals surface area contributed by atoms with Gasteiger partial charge in [0.25, 0.3) is 0 Å². The summed E-state index contributed by atoms with van der Waals surface area (Å²) in [5, 5.41) is 4.46. The van der Waals surface area contributed by atoms with Gasteiger partial charge in [0.15, 0.2) is 17.3 Å². The van der Waals surface area contributed by atoms with Crippen molar-refractivity contribution in [3.05, 3.63) is 41.9 Å². The number of aryl methyl sites for hydroxylation is 2. The van der Waals surface area contributed by atoms with Crippen molar-refractivity contribution in [2.75, 3.05) is 45.3 Å². The predicted molar refractivity (Wildman–Crippen MR) is 118 cm³/mol. The number of amides is 1. The monoisotopic (exact) mass is 422 g/mol. The third-order valence-corrected chi connectivity index (χ3v) is 5.49. The molecule has 0 radical (unpaired) electrons. The molecule has 1 fully saturated rings. The highest BCUT2D eigenvalue weighted by atomic mass is 16.5. The second-order valence-corrected chi connectivity index (χ2v) is 7.36. The van der Waals surface area contributed by atoms with Gasteiger partial charge in [-0.15, -0.1) is 0 Å². The smallest absolute Gasteiger partial charge is 0.246 e. The summed E-state index contributed by atoms with van der Waals surface area (Å²) in [5.41, 5.74) is 3.55. The molecule has 0 unspecified atom stereocenters. The van der Waals surface area contributed by atoms with Crippen LogP contribution in [0.25, 0.3) is 17.1 Å². The summed E-state index contributed by atoms with van der Waals surface area (Å²) in [6.07, 6.45) is 4.98. The molecule has 0 spiro atoms. The Morgan fingerprint density at radius 3 is 2.52 bits per heavy atom. The Balaban J connectivity index is 1.42. The molecule has 1 amide bonds. The zero-order chi connectivity index (χ0) is 22.0. The van der Waals surface area contributed by atoms with Gasteiger partial charge in [-0.05, 0) is 30.7 Å². The van der Waals surface area contributed by atoms with Crippen LogP contribution in [0.4, 0.5) is 5.82 Å². The van der Waals surface area contributed by atoms with Gasteiger partial charge in [0, 0.05) is 39.3 Å². The first-order chi connectivity index (χ1) is 15.0. The van der Waals surface area contributed by atoms with Crippen LogP contribution in [0, 0.1) is 6.92 Å². The molecular formula is C22H26N6O3. The van der Waals surface area contributed by atoms with Crippen LogP contribution in [-0.4, -0.2) is 71.0 Å². The largest absolute Gasteiger partial charge is 0.493 e. The molecule has 0 bridgehead atoms. The number of benzene rings is 1. The molecule has 1 saturated heterocycles. The number of piperazine rings is 1. The van der Waals surface area contributed by atoms with Crippen LogP contribution in [0.5, 0.6) is 11.5 Å². The van der Waals surface area contributed by atoms with Crippen molar-refractivity contribution in [3.8, 4) is 11.5 Å². The van der Waals surface area contributed by atoms with E-state index in [4.69, 9.17) is 9.47 Å². The van der Waals surface area contributed by atoms with Gasteiger partial charge in [0.1, 0.15) is 17.4 Å². The standard InChI is InChI=1S/C22H26N6O3/c1-15-20-21(26(2)25-15)22(24-14-23-20)28-11-9-27(10-12-28)19(29)8-6-16-5-7-17(30-3)18(13-16)31-4/h5-8,13-14H,9-12H2,1-4H3. The van der Waals surface area contributed by atoms with Crippen molar-refractivity contribution in [3.63, 3.8) is 0 Å². The molecule has 0 atom stereocenters. The van der Waals surface area contributed by atoms with E-state index in [1.165, 1.54) is 0 Å². The average Bonchev–Trinajstić information content (AvgIpc) is 3.11. The van der Waals surface area contributed by atoms with E-state index < -0.39 is 0 Å². The summed E-state index contributed by atoms with van der Waals surface area (Å²) in [5.74, 6) is 2.14. The Bertz CT molecular complexity index is 1130. The minimum absolute atomic E-state index is 0.0151. The maximum absolute atomic E-state index is 12.7. The quantitative estimate of drug-likeness (QED) is 0.582. The van der Waals surface area contributed by atoms with E-state index in [2.05, 4.69) is 20.0 Å². The lowest BCUT2D eigenvalue weighted by Gasteiger charge is -2.35. The maximum atomic E-state index is 12.7. The van der Waals surface area contributed by atoms with Crippen LogP contribution in [0.3, 0.4) is 0 Å². The number of carbonyl (C=O) groups is 1. The molecule has 4 rings (SSSR count). The zero-order valence-electron chi connectivity index (χ0n) is 18.2. The van der Waals surface area contributed by atoms with Crippen LogP contribution < -0.4 is 14.4 Å². The minimum Gasteiger partial charge on any atom is -0.493 e. The van der Waals surface area contributed by atoms with Crippen LogP contribution in [0.2, 0.25) is 0 Å². The molecule has 0 aliphatic carbocycles. The number of fused-ring (bicyclic) bond motifs is 1. The number of nitrogens with zero attached hydrogens (tertiary/aromatic N) is 6. The van der Waals surface area contributed by atoms with E-state index in [9.17, 15) is 4.79 Å². The third-order valence-electron chi connectivity index (χ3n) is 5.49. The number of hydrogen-bond donors (Lipinski definition) is 0. The fourth-order valence-corrected chi connectivity index (χ4v) is 3.85. The van der Waals surface area contributed by atoms with E-state index in [-0.39, 0.29) is 5.91 Å². The zero-order valence-corrected chi connectivity index (χ0v) is 18.2. The lowest BCUT2D eigenvalue weighted by Crippen LogP contribution is -2.48. The topological polar surface area (TPSA) is 85.6 Å². The van der Waals surface area contributed by atoms with E-state index in [1.807, 2.05) is 41.8 Å². The summed E-state index contributed by atoms with van der Waals surface area (Å²) in [6.45, 7) is 4.59. The fourth-order valence-electron chi connectivity index (χ4n) is 3.85. The van der Waals surface area contributed by atoms with Crippen molar-refractivity contribution in [1.29, 1.82) is 0 Å². The van der Waals surface area contributed by atoms with Gasteiger partial charge in [-0.3, -0.25) is 9.48 Å².